The number of rotatable bonds is 7. The van der Waals surface area contributed by atoms with Crippen molar-refractivity contribution in [3.05, 3.63) is 90.0 Å². The third kappa shape index (κ3) is 5.04. The molecule has 3 N–H and O–H groups in total. The van der Waals surface area contributed by atoms with E-state index >= 15 is 0 Å². The number of hydrogen-bond acceptors (Lipinski definition) is 4. The Morgan fingerprint density at radius 2 is 1.64 bits per heavy atom. The molecular weight excluding hydrogens is 443 g/mol. The van der Waals surface area contributed by atoms with Crippen molar-refractivity contribution in [2.24, 2.45) is 5.92 Å². The highest BCUT2D eigenvalue weighted by atomic mass is 32.2. The van der Waals surface area contributed by atoms with E-state index < -0.39 is 15.8 Å². The zero-order chi connectivity index (χ0) is 23.6. The molecule has 0 bridgehead atoms. The van der Waals surface area contributed by atoms with Crippen molar-refractivity contribution >= 4 is 32.7 Å². The Morgan fingerprint density at radius 3 is 2.27 bits per heavy atom. The number of nitrogens with zero attached hydrogens (tertiary/aromatic N) is 1. The Labute approximate surface area is 191 Å². The van der Waals surface area contributed by atoms with Gasteiger partial charge < -0.3 is 10.3 Å². The van der Waals surface area contributed by atoms with E-state index in [-0.39, 0.29) is 28.4 Å². The first kappa shape index (κ1) is 22.5. The average molecular weight is 467 g/mol. The monoisotopic (exact) mass is 466 g/mol. The Bertz CT molecular complexity index is 1350. The molecule has 0 aliphatic rings. The van der Waals surface area contributed by atoms with Gasteiger partial charge in [-0.1, -0.05) is 26.0 Å². The second-order valence-corrected chi connectivity index (χ2v) is 9.65. The molecule has 1 unspecified atom stereocenters. The number of benzene rings is 3. The number of aromatic amines is 1. The average Bonchev–Trinajstić information content (AvgIpc) is 3.21. The number of carbonyl (C=O) groups is 1. The molecule has 7 nitrogen and oxygen atoms in total. The summed E-state index contributed by atoms with van der Waals surface area (Å²) in [5.74, 6) is -0.0757. The van der Waals surface area contributed by atoms with E-state index in [0.29, 0.717) is 11.4 Å². The standard InChI is InChI=1S/C24H23FN4O3S/c1-15(2)22(23-26-20-5-3-4-6-21(20)27-23)28-24(30)16-7-11-18(12-8-16)29-33(31,32)19-13-9-17(25)10-14-19/h3-15,22,29H,1-2H3,(H,26,27)(H,28,30). The Morgan fingerprint density at radius 1 is 0.970 bits per heavy atom. The number of aromatic nitrogens is 2. The quantitative estimate of drug-likeness (QED) is 0.369. The summed E-state index contributed by atoms with van der Waals surface area (Å²) in [7, 11) is -3.87. The van der Waals surface area contributed by atoms with Gasteiger partial charge in [-0.15, -0.1) is 0 Å². The number of imidazole rings is 1. The topological polar surface area (TPSA) is 104 Å². The number of H-pyrrole nitrogens is 1. The van der Waals surface area contributed by atoms with E-state index in [1.165, 1.54) is 36.4 Å². The Kier molecular flexibility index (Phi) is 6.15. The van der Waals surface area contributed by atoms with Crippen LogP contribution in [-0.4, -0.2) is 24.3 Å². The summed E-state index contributed by atoms with van der Waals surface area (Å²) in [5.41, 5.74) is 2.38. The SMILES string of the molecule is CC(C)C(NC(=O)c1ccc(NS(=O)(=O)c2ccc(F)cc2)cc1)c1nc2ccccc2[nH]1. The maximum absolute atomic E-state index is 13.1. The van der Waals surface area contributed by atoms with Crippen LogP contribution >= 0.6 is 0 Å². The molecule has 4 rings (SSSR count). The van der Waals surface area contributed by atoms with E-state index in [0.717, 1.165) is 23.2 Å². The second kappa shape index (κ2) is 9.03. The van der Waals surface area contributed by atoms with Gasteiger partial charge >= 0.3 is 0 Å². The Hall–Kier alpha value is -3.72. The highest BCUT2D eigenvalue weighted by Crippen LogP contribution is 2.23. The number of sulfonamides is 1. The maximum Gasteiger partial charge on any atom is 0.261 e. The summed E-state index contributed by atoms with van der Waals surface area (Å²) >= 11 is 0. The lowest BCUT2D eigenvalue weighted by molar-refractivity contribution is 0.0923. The number of hydrogen-bond donors (Lipinski definition) is 3. The molecule has 0 saturated carbocycles. The van der Waals surface area contributed by atoms with E-state index in [9.17, 15) is 17.6 Å². The fourth-order valence-electron chi connectivity index (χ4n) is 3.41. The van der Waals surface area contributed by atoms with Crippen LogP contribution in [0.1, 0.15) is 36.1 Å². The maximum atomic E-state index is 13.1. The predicted octanol–water partition coefficient (Wildman–Crippen LogP) is 4.63. The van der Waals surface area contributed by atoms with Crippen LogP contribution in [0.15, 0.2) is 77.7 Å². The molecule has 3 aromatic carbocycles. The largest absolute Gasteiger partial charge is 0.342 e. The first-order valence-corrected chi connectivity index (χ1v) is 11.9. The summed E-state index contributed by atoms with van der Waals surface area (Å²) in [6, 6.07) is 17.9. The summed E-state index contributed by atoms with van der Waals surface area (Å²) in [5, 5.41) is 3.00. The predicted molar refractivity (Wildman–Crippen MR) is 125 cm³/mol. The first-order chi connectivity index (χ1) is 15.7. The molecule has 1 amide bonds. The van der Waals surface area contributed by atoms with Crippen LogP contribution in [0, 0.1) is 11.7 Å². The van der Waals surface area contributed by atoms with Gasteiger partial charge in [0.05, 0.1) is 22.0 Å². The molecule has 0 spiro atoms. The van der Waals surface area contributed by atoms with Crippen LogP contribution in [0.5, 0.6) is 0 Å². The van der Waals surface area contributed by atoms with Gasteiger partial charge in [0.2, 0.25) is 0 Å². The minimum atomic E-state index is -3.87. The molecule has 33 heavy (non-hydrogen) atoms. The normalized spacial score (nSPS) is 12.6. The molecule has 170 valence electrons. The van der Waals surface area contributed by atoms with Gasteiger partial charge in [-0.25, -0.2) is 17.8 Å². The summed E-state index contributed by atoms with van der Waals surface area (Å²) < 4.78 is 40.4. The van der Waals surface area contributed by atoms with Crippen LogP contribution in [0.25, 0.3) is 11.0 Å². The van der Waals surface area contributed by atoms with Crippen molar-refractivity contribution in [3.8, 4) is 0 Å². The zero-order valence-electron chi connectivity index (χ0n) is 18.0. The van der Waals surface area contributed by atoms with Crippen LogP contribution in [0.2, 0.25) is 0 Å². The van der Waals surface area contributed by atoms with Gasteiger partial charge in [0.25, 0.3) is 15.9 Å². The van der Waals surface area contributed by atoms with Crippen LogP contribution < -0.4 is 10.0 Å². The highest BCUT2D eigenvalue weighted by molar-refractivity contribution is 7.92. The van der Waals surface area contributed by atoms with E-state index in [1.807, 2.05) is 38.1 Å². The van der Waals surface area contributed by atoms with E-state index in [1.54, 1.807) is 0 Å². The number of fused-ring (bicyclic) bond motifs is 1. The number of amides is 1. The smallest absolute Gasteiger partial charge is 0.261 e. The van der Waals surface area contributed by atoms with Crippen molar-refractivity contribution < 1.29 is 17.6 Å². The molecule has 4 aromatic rings. The molecule has 0 radical (unpaired) electrons. The molecule has 0 saturated heterocycles. The van der Waals surface area contributed by atoms with Gasteiger partial charge in [0.1, 0.15) is 11.6 Å². The molecular formula is C24H23FN4O3S. The molecule has 0 aliphatic heterocycles. The minimum Gasteiger partial charge on any atom is -0.342 e. The minimum absolute atomic E-state index is 0.0590. The fourth-order valence-corrected chi connectivity index (χ4v) is 4.47. The van der Waals surface area contributed by atoms with Crippen LogP contribution in [0.3, 0.4) is 0 Å². The highest BCUT2D eigenvalue weighted by Gasteiger charge is 2.22. The van der Waals surface area contributed by atoms with E-state index in [4.69, 9.17) is 0 Å². The molecule has 1 aromatic heterocycles. The zero-order valence-corrected chi connectivity index (χ0v) is 18.9. The third-order valence-corrected chi connectivity index (χ3v) is 6.58. The van der Waals surface area contributed by atoms with Crippen LogP contribution in [-0.2, 0) is 10.0 Å². The Balaban J connectivity index is 1.48. The van der Waals surface area contributed by atoms with Crippen molar-refractivity contribution in [1.82, 2.24) is 15.3 Å². The lowest BCUT2D eigenvalue weighted by Crippen LogP contribution is -2.32. The number of para-hydroxylation sites is 2. The summed E-state index contributed by atoms with van der Waals surface area (Å²) in [4.78, 5) is 20.7. The van der Waals surface area contributed by atoms with Gasteiger partial charge in [-0.3, -0.25) is 9.52 Å². The summed E-state index contributed by atoms with van der Waals surface area (Å²) in [6.45, 7) is 3.98. The molecule has 0 fully saturated rings. The summed E-state index contributed by atoms with van der Waals surface area (Å²) in [6.07, 6.45) is 0. The van der Waals surface area contributed by atoms with Crippen LogP contribution in [0.4, 0.5) is 10.1 Å². The number of halogens is 1. The van der Waals surface area contributed by atoms with Crippen molar-refractivity contribution in [1.29, 1.82) is 0 Å². The second-order valence-electron chi connectivity index (χ2n) is 7.97. The number of carbonyl (C=O) groups excluding carboxylic acids is 1. The number of nitrogens with one attached hydrogen (secondary N) is 3. The molecule has 1 atom stereocenters. The molecule has 1 heterocycles. The first-order valence-electron chi connectivity index (χ1n) is 10.4. The van der Waals surface area contributed by atoms with Gasteiger partial charge in [-0.05, 0) is 66.6 Å². The lowest BCUT2D eigenvalue weighted by atomic mass is 10.0. The van der Waals surface area contributed by atoms with Gasteiger partial charge in [0, 0.05) is 11.3 Å². The van der Waals surface area contributed by atoms with E-state index in [2.05, 4.69) is 20.0 Å². The lowest BCUT2D eigenvalue weighted by Gasteiger charge is -2.20. The van der Waals surface area contributed by atoms with Gasteiger partial charge in [-0.2, -0.15) is 0 Å². The van der Waals surface area contributed by atoms with Crippen molar-refractivity contribution in [2.45, 2.75) is 24.8 Å². The van der Waals surface area contributed by atoms with Gasteiger partial charge in [0.15, 0.2) is 0 Å². The molecule has 0 aliphatic carbocycles. The van der Waals surface area contributed by atoms with Crippen molar-refractivity contribution in [3.63, 3.8) is 0 Å². The third-order valence-electron chi connectivity index (χ3n) is 5.18. The molecule has 9 heteroatoms. The van der Waals surface area contributed by atoms with Crippen molar-refractivity contribution in [2.75, 3.05) is 4.72 Å². The fraction of sp³-hybridized carbons (Fsp3) is 0.167. The number of anilines is 1.